The van der Waals surface area contributed by atoms with Gasteiger partial charge in [-0.15, -0.1) is 0 Å². The summed E-state index contributed by atoms with van der Waals surface area (Å²) in [7, 11) is 1.26. The van der Waals surface area contributed by atoms with Crippen molar-refractivity contribution >= 4 is 12.1 Å². The Labute approximate surface area is 88.2 Å². The van der Waals surface area contributed by atoms with Crippen LogP contribution in [-0.2, 0) is 4.79 Å². The average Bonchev–Trinajstić information content (AvgIpc) is 2.20. The van der Waals surface area contributed by atoms with E-state index in [4.69, 9.17) is 0 Å². The summed E-state index contributed by atoms with van der Waals surface area (Å²) in [5.41, 5.74) is 5.96. The van der Waals surface area contributed by atoms with Crippen molar-refractivity contribution in [2.45, 2.75) is 6.92 Å². The number of hydrogen-bond donors (Lipinski definition) is 1. The number of hydrazone groups is 1. The molecule has 0 atom stereocenters. The fourth-order valence-corrected chi connectivity index (χ4v) is 0.645. The second-order valence-corrected chi connectivity index (χ2v) is 2.71. The molecule has 1 rings (SSSR count). The van der Waals surface area contributed by atoms with Gasteiger partial charge in [0.05, 0.1) is 0 Å². The second kappa shape index (κ2) is 7.29. The molecule has 2 N–H and O–H groups in total. The number of nitrogens with two attached hydrogens (primary N) is 1. The van der Waals surface area contributed by atoms with E-state index in [0.717, 1.165) is 6.08 Å². The van der Waals surface area contributed by atoms with Gasteiger partial charge < -0.3 is 5.73 Å². The standard InChI is InChI=1S/C7H8.C3H5N3O2/c1-7-5-3-2-4-6-7;1-6(3(4)8)5-2-7/h2-6H,1H3;1H3,(H2,4,8). The van der Waals surface area contributed by atoms with Gasteiger partial charge in [-0.2, -0.15) is 0 Å². The molecule has 2 amide bonds. The monoisotopic (exact) mass is 207 g/mol. The van der Waals surface area contributed by atoms with E-state index in [1.165, 1.54) is 12.6 Å². The molecule has 0 spiro atoms. The van der Waals surface area contributed by atoms with Crippen LogP contribution in [0.15, 0.2) is 35.4 Å². The number of hydrogen-bond acceptors (Lipinski definition) is 3. The Morgan fingerprint density at radius 2 is 1.93 bits per heavy atom. The first-order valence-electron chi connectivity index (χ1n) is 4.20. The molecule has 1 aromatic carbocycles. The van der Waals surface area contributed by atoms with Crippen LogP contribution in [0.5, 0.6) is 0 Å². The molecule has 0 fully saturated rings. The van der Waals surface area contributed by atoms with Crippen LogP contribution in [0.2, 0.25) is 0 Å². The zero-order valence-corrected chi connectivity index (χ0v) is 8.68. The lowest BCUT2D eigenvalue weighted by Gasteiger charge is -2.00. The maximum absolute atomic E-state index is 9.96. The molecule has 5 heteroatoms. The molecule has 0 saturated carbocycles. The third-order valence-corrected chi connectivity index (χ3v) is 1.45. The molecule has 80 valence electrons. The van der Waals surface area contributed by atoms with Gasteiger partial charge in [0.15, 0.2) is 0 Å². The second-order valence-electron chi connectivity index (χ2n) is 2.71. The molecule has 0 heterocycles. The number of amides is 2. The minimum Gasteiger partial charge on any atom is -0.350 e. The molecular formula is C10H13N3O2. The Morgan fingerprint density at radius 3 is 2.13 bits per heavy atom. The first kappa shape index (κ1) is 12.9. The number of primary amides is 1. The minimum absolute atomic E-state index is 0.688. The summed E-state index contributed by atoms with van der Waals surface area (Å²) in [5.74, 6) is 0. The Kier molecular flexibility index (Phi) is 6.26. The largest absolute Gasteiger partial charge is 0.350 e. The van der Waals surface area contributed by atoms with Crippen molar-refractivity contribution in [3.05, 3.63) is 35.9 Å². The number of isocyanates is 1. The highest BCUT2D eigenvalue weighted by Crippen LogP contribution is 1.92. The zero-order valence-electron chi connectivity index (χ0n) is 8.68. The fraction of sp³-hybridized carbons (Fsp3) is 0.200. The Morgan fingerprint density at radius 1 is 1.40 bits per heavy atom. The SMILES string of the molecule is CN(N=C=O)C(N)=O.Cc1ccccc1. The number of carbonyl (C=O) groups is 1. The third-order valence-electron chi connectivity index (χ3n) is 1.45. The van der Waals surface area contributed by atoms with Crippen molar-refractivity contribution in [2.75, 3.05) is 7.05 Å². The highest BCUT2D eigenvalue weighted by atomic mass is 16.2. The van der Waals surface area contributed by atoms with Crippen molar-refractivity contribution in [1.82, 2.24) is 5.01 Å². The van der Waals surface area contributed by atoms with Crippen molar-refractivity contribution in [2.24, 2.45) is 10.8 Å². The molecule has 0 aliphatic heterocycles. The van der Waals surface area contributed by atoms with E-state index in [9.17, 15) is 9.59 Å². The average molecular weight is 207 g/mol. The van der Waals surface area contributed by atoms with E-state index in [2.05, 4.69) is 29.9 Å². The molecule has 15 heavy (non-hydrogen) atoms. The number of rotatable bonds is 1. The van der Waals surface area contributed by atoms with Crippen LogP contribution < -0.4 is 5.73 Å². The van der Waals surface area contributed by atoms with Gasteiger partial charge in [0, 0.05) is 7.05 Å². The summed E-state index contributed by atoms with van der Waals surface area (Å²) >= 11 is 0. The molecule has 0 aromatic heterocycles. The predicted molar refractivity (Wildman–Crippen MR) is 56.6 cm³/mol. The lowest BCUT2D eigenvalue weighted by atomic mass is 10.2. The zero-order chi connectivity index (χ0) is 11.7. The Hall–Kier alpha value is -2.13. The van der Waals surface area contributed by atoms with Gasteiger partial charge in [-0.25, -0.2) is 14.6 Å². The number of urea groups is 1. The highest BCUT2D eigenvalue weighted by molar-refractivity contribution is 5.71. The van der Waals surface area contributed by atoms with E-state index >= 15 is 0 Å². The maximum Gasteiger partial charge on any atom is 0.335 e. The van der Waals surface area contributed by atoms with Crippen LogP contribution in [0.4, 0.5) is 4.79 Å². The van der Waals surface area contributed by atoms with Gasteiger partial charge >= 0.3 is 6.03 Å². The first-order chi connectivity index (χ1) is 7.07. The van der Waals surface area contributed by atoms with Crippen LogP contribution in [0.25, 0.3) is 0 Å². The molecule has 0 unspecified atom stereocenters. The highest BCUT2D eigenvalue weighted by Gasteiger charge is 1.96. The van der Waals surface area contributed by atoms with E-state index in [1.807, 2.05) is 18.2 Å². The van der Waals surface area contributed by atoms with Crippen molar-refractivity contribution in [3.8, 4) is 0 Å². The van der Waals surface area contributed by atoms with Crippen LogP contribution in [0, 0.1) is 6.92 Å². The molecule has 0 saturated heterocycles. The number of benzene rings is 1. The summed E-state index contributed by atoms with van der Waals surface area (Å²) in [4.78, 5) is 19.3. The third kappa shape index (κ3) is 6.98. The van der Waals surface area contributed by atoms with Crippen molar-refractivity contribution < 1.29 is 9.59 Å². The maximum atomic E-state index is 9.96. The quantitative estimate of drug-likeness (QED) is 0.427. The summed E-state index contributed by atoms with van der Waals surface area (Å²) in [6.07, 6.45) is 1.15. The van der Waals surface area contributed by atoms with E-state index in [-0.39, 0.29) is 0 Å². The molecule has 0 radical (unpaired) electrons. The Balaban J connectivity index is 0.000000262. The summed E-state index contributed by atoms with van der Waals surface area (Å²) in [6, 6.07) is 9.48. The summed E-state index contributed by atoms with van der Waals surface area (Å²) < 4.78 is 0. The fourth-order valence-electron chi connectivity index (χ4n) is 0.645. The molecule has 0 bridgehead atoms. The smallest absolute Gasteiger partial charge is 0.335 e. The van der Waals surface area contributed by atoms with Crippen molar-refractivity contribution in [1.29, 1.82) is 0 Å². The lowest BCUT2D eigenvalue weighted by molar-refractivity contribution is 0.220. The lowest BCUT2D eigenvalue weighted by Crippen LogP contribution is -2.26. The van der Waals surface area contributed by atoms with Gasteiger partial charge in [0.2, 0.25) is 0 Å². The van der Waals surface area contributed by atoms with Gasteiger partial charge in [-0.05, 0) is 6.92 Å². The van der Waals surface area contributed by atoms with E-state index in [1.54, 1.807) is 0 Å². The molecule has 5 nitrogen and oxygen atoms in total. The van der Waals surface area contributed by atoms with Gasteiger partial charge in [0.25, 0.3) is 6.08 Å². The molecule has 0 aliphatic carbocycles. The van der Waals surface area contributed by atoms with Gasteiger partial charge in [0.1, 0.15) is 0 Å². The minimum atomic E-state index is -0.784. The van der Waals surface area contributed by atoms with Crippen LogP contribution in [0.1, 0.15) is 5.56 Å². The number of carbonyl (C=O) groups excluding carboxylic acids is 2. The van der Waals surface area contributed by atoms with Crippen molar-refractivity contribution in [3.63, 3.8) is 0 Å². The van der Waals surface area contributed by atoms with Crippen LogP contribution in [-0.4, -0.2) is 24.2 Å². The topological polar surface area (TPSA) is 75.8 Å². The molecular weight excluding hydrogens is 194 g/mol. The van der Waals surface area contributed by atoms with Crippen LogP contribution >= 0.6 is 0 Å². The van der Waals surface area contributed by atoms with Gasteiger partial charge in [-0.3, -0.25) is 0 Å². The molecule has 1 aromatic rings. The first-order valence-corrected chi connectivity index (χ1v) is 4.20. The summed E-state index contributed by atoms with van der Waals surface area (Å²) in [6.45, 7) is 2.08. The Bertz CT molecular complexity index is 343. The number of nitrogens with zero attached hydrogens (tertiary/aromatic N) is 2. The summed E-state index contributed by atoms with van der Waals surface area (Å²) in [5, 5.41) is 3.56. The van der Waals surface area contributed by atoms with Gasteiger partial charge in [-0.1, -0.05) is 41.0 Å². The number of aryl methyl sites for hydroxylation is 1. The van der Waals surface area contributed by atoms with Crippen LogP contribution in [0.3, 0.4) is 0 Å². The molecule has 0 aliphatic rings. The van der Waals surface area contributed by atoms with E-state index < -0.39 is 6.03 Å². The van der Waals surface area contributed by atoms with E-state index in [0.29, 0.717) is 5.01 Å². The normalized spacial score (nSPS) is 7.87. The predicted octanol–water partition coefficient (Wildman–Crippen LogP) is 1.24.